The number of rotatable bonds is 6. The Hall–Kier alpha value is -2.74. The quantitative estimate of drug-likeness (QED) is 0.639. The van der Waals surface area contributed by atoms with Crippen LogP contribution in [0.2, 0.25) is 0 Å². The fourth-order valence-corrected chi connectivity index (χ4v) is 3.18. The van der Waals surface area contributed by atoms with Gasteiger partial charge in [-0.05, 0) is 38.1 Å². The lowest BCUT2D eigenvalue weighted by Crippen LogP contribution is -2.40. The van der Waals surface area contributed by atoms with Gasteiger partial charge >= 0.3 is 0 Å². The van der Waals surface area contributed by atoms with Crippen LogP contribution in [0.4, 0.5) is 5.69 Å². The van der Waals surface area contributed by atoms with Crippen LogP contribution >= 0.6 is 0 Å². The van der Waals surface area contributed by atoms with Gasteiger partial charge in [-0.2, -0.15) is 5.10 Å². The van der Waals surface area contributed by atoms with E-state index in [1.807, 2.05) is 0 Å². The topological polar surface area (TPSA) is 93.3 Å². The van der Waals surface area contributed by atoms with Crippen molar-refractivity contribution in [2.24, 2.45) is 0 Å². The average molecular weight is 343 g/mol. The Morgan fingerprint density at radius 1 is 1.44 bits per heavy atom. The number of benzene rings is 1. The first-order chi connectivity index (χ1) is 12.1. The van der Waals surface area contributed by atoms with Crippen LogP contribution < -0.4 is 5.32 Å². The van der Waals surface area contributed by atoms with Gasteiger partial charge in [0.25, 0.3) is 11.6 Å². The number of nitro benzene ring substituents is 1. The first-order valence-electron chi connectivity index (χ1n) is 8.41. The first kappa shape index (κ1) is 17.1. The van der Waals surface area contributed by atoms with Crippen LogP contribution in [0.3, 0.4) is 0 Å². The molecule has 1 amide bonds. The molecule has 0 saturated carbocycles. The fourth-order valence-electron chi connectivity index (χ4n) is 3.18. The molecular weight excluding hydrogens is 322 g/mol. The molecule has 1 N–H and O–H groups in total. The van der Waals surface area contributed by atoms with Crippen LogP contribution in [0.25, 0.3) is 5.69 Å². The second-order valence-corrected chi connectivity index (χ2v) is 6.06. The minimum absolute atomic E-state index is 0.0140. The Morgan fingerprint density at radius 2 is 2.28 bits per heavy atom. The van der Waals surface area contributed by atoms with Crippen molar-refractivity contribution >= 4 is 11.6 Å². The summed E-state index contributed by atoms with van der Waals surface area (Å²) in [6.45, 7) is 4.80. The van der Waals surface area contributed by atoms with Crippen molar-refractivity contribution in [2.45, 2.75) is 25.8 Å². The molecule has 132 valence electrons. The van der Waals surface area contributed by atoms with E-state index in [4.69, 9.17) is 0 Å². The zero-order valence-electron chi connectivity index (χ0n) is 14.1. The van der Waals surface area contributed by atoms with Crippen LogP contribution in [0.1, 0.15) is 30.3 Å². The maximum atomic E-state index is 12.3. The molecule has 1 saturated heterocycles. The Balaban J connectivity index is 1.65. The summed E-state index contributed by atoms with van der Waals surface area (Å²) in [5, 5.41) is 18.0. The zero-order chi connectivity index (χ0) is 17.8. The number of hydrogen-bond donors (Lipinski definition) is 1. The molecule has 1 atom stereocenters. The van der Waals surface area contributed by atoms with E-state index in [-0.39, 0.29) is 11.6 Å². The van der Waals surface area contributed by atoms with Crippen molar-refractivity contribution in [1.29, 1.82) is 0 Å². The number of nitro groups is 1. The molecule has 1 aromatic heterocycles. The standard InChI is InChI=1S/C17H21N5O3/c1-2-20-9-4-7-15(20)12-18-17(23)16-8-10-21(19-16)13-5-3-6-14(11-13)22(24)25/h3,5-6,8,10-11,15H,2,4,7,9,12H2,1H3,(H,18,23)/t15-/m0/s1. The highest BCUT2D eigenvalue weighted by Crippen LogP contribution is 2.17. The Bertz CT molecular complexity index is 773. The second kappa shape index (κ2) is 7.43. The van der Waals surface area contributed by atoms with E-state index in [1.165, 1.54) is 16.8 Å². The maximum Gasteiger partial charge on any atom is 0.271 e. The van der Waals surface area contributed by atoms with E-state index in [2.05, 4.69) is 22.2 Å². The van der Waals surface area contributed by atoms with Crippen molar-refractivity contribution in [3.63, 3.8) is 0 Å². The van der Waals surface area contributed by atoms with E-state index in [9.17, 15) is 14.9 Å². The van der Waals surface area contributed by atoms with E-state index < -0.39 is 4.92 Å². The number of aromatic nitrogens is 2. The Labute approximate surface area is 145 Å². The minimum Gasteiger partial charge on any atom is -0.349 e. The SMILES string of the molecule is CCN1CCC[C@H]1CNC(=O)c1ccn(-c2cccc([N+](=O)[O-])c2)n1. The number of nitrogens with one attached hydrogen (secondary N) is 1. The monoisotopic (exact) mass is 343 g/mol. The molecule has 1 aromatic carbocycles. The normalized spacial score (nSPS) is 17.6. The van der Waals surface area contributed by atoms with Gasteiger partial charge in [-0.25, -0.2) is 4.68 Å². The molecule has 1 aliphatic heterocycles. The highest BCUT2D eigenvalue weighted by atomic mass is 16.6. The maximum absolute atomic E-state index is 12.3. The van der Waals surface area contributed by atoms with Crippen molar-refractivity contribution < 1.29 is 9.72 Å². The molecule has 3 rings (SSSR count). The zero-order valence-corrected chi connectivity index (χ0v) is 14.1. The summed E-state index contributed by atoms with van der Waals surface area (Å²) in [6, 6.07) is 8.13. The number of likely N-dealkylation sites (tertiary alicyclic amines) is 1. The molecule has 8 nitrogen and oxygen atoms in total. The molecule has 2 heterocycles. The van der Waals surface area contributed by atoms with Crippen LogP contribution in [0.5, 0.6) is 0 Å². The summed E-state index contributed by atoms with van der Waals surface area (Å²) < 4.78 is 1.47. The number of non-ortho nitro benzene ring substituents is 1. The highest BCUT2D eigenvalue weighted by Gasteiger charge is 2.23. The lowest BCUT2D eigenvalue weighted by Gasteiger charge is -2.22. The molecule has 2 aromatic rings. The minimum atomic E-state index is -0.457. The smallest absolute Gasteiger partial charge is 0.271 e. The van der Waals surface area contributed by atoms with Crippen LogP contribution in [-0.4, -0.2) is 51.2 Å². The molecule has 1 fully saturated rings. The van der Waals surface area contributed by atoms with Gasteiger partial charge in [0, 0.05) is 30.9 Å². The third-order valence-corrected chi connectivity index (χ3v) is 4.53. The van der Waals surface area contributed by atoms with Crippen molar-refractivity contribution in [3.05, 3.63) is 52.3 Å². The van der Waals surface area contributed by atoms with Crippen LogP contribution in [0, 0.1) is 10.1 Å². The van der Waals surface area contributed by atoms with Crippen LogP contribution in [0.15, 0.2) is 36.5 Å². The number of likely N-dealkylation sites (N-methyl/N-ethyl adjacent to an activating group) is 1. The summed E-state index contributed by atoms with van der Waals surface area (Å²) in [5.74, 6) is -0.230. The van der Waals surface area contributed by atoms with E-state index in [0.717, 1.165) is 25.9 Å². The molecular formula is C17H21N5O3. The summed E-state index contributed by atoms with van der Waals surface area (Å²) in [4.78, 5) is 25.1. The number of carbonyl (C=O) groups is 1. The van der Waals surface area contributed by atoms with Gasteiger partial charge in [-0.15, -0.1) is 0 Å². The Kier molecular flexibility index (Phi) is 5.08. The number of nitrogens with zero attached hydrogens (tertiary/aromatic N) is 4. The van der Waals surface area contributed by atoms with Crippen molar-refractivity contribution in [1.82, 2.24) is 20.0 Å². The average Bonchev–Trinajstić information content (AvgIpc) is 3.29. The second-order valence-electron chi connectivity index (χ2n) is 6.06. The van der Waals surface area contributed by atoms with Crippen molar-refractivity contribution in [3.8, 4) is 5.69 Å². The van der Waals surface area contributed by atoms with E-state index in [1.54, 1.807) is 24.4 Å². The van der Waals surface area contributed by atoms with Gasteiger partial charge in [0.15, 0.2) is 5.69 Å². The van der Waals surface area contributed by atoms with E-state index in [0.29, 0.717) is 24.0 Å². The lowest BCUT2D eigenvalue weighted by atomic mass is 10.2. The highest BCUT2D eigenvalue weighted by molar-refractivity contribution is 5.92. The third-order valence-electron chi connectivity index (χ3n) is 4.53. The predicted octanol–water partition coefficient (Wildman–Crippen LogP) is 1.99. The first-order valence-corrected chi connectivity index (χ1v) is 8.41. The van der Waals surface area contributed by atoms with Gasteiger partial charge in [-0.3, -0.25) is 19.8 Å². The third kappa shape index (κ3) is 3.85. The van der Waals surface area contributed by atoms with Gasteiger partial charge in [0.05, 0.1) is 10.6 Å². The molecule has 0 bridgehead atoms. The van der Waals surface area contributed by atoms with Gasteiger partial charge in [-0.1, -0.05) is 13.0 Å². The number of hydrogen-bond acceptors (Lipinski definition) is 5. The molecule has 25 heavy (non-hydrogen) atoms. The van der Waals surface area contributed by atoms with Gasteiger partial charge in [0.1, 0.15) is 0 Å². The summed E-state index contributed by atoms with van der Waals surface area (Å²) in [6.07, 6.45) is 3.88. The predicted molar refractivity (Wildman–Crippen MR) is 92.8 cm³/mol. The number of amides is 1. The Morgan fingerprint density at radius 3 is 3.04 bits per heavy atom. The van der Waals surface area contributed by atoms with E-state index >= 15 is 0 Å². The fraction of sp³-hybridized carbons (Fsp3) is 0.412. The molecule has 8 heteroatoms. The van der Waals surface area contributed by atoms with Crippen molar-refractivity contribution in [2.75, 3.05) is 19.6 Å². The molecule has 0 aliphatic carbocycles. The lowest BCUT2D eigenvalue weighted by molar-refractivity contribution is -0.384. The van der Waals surface area contributed by atoms with Gasteiger partial charge < -0.3 is 5.32 Å². The number of carbonyl (C=O) groups excluding carboxylic acids is 1. The molecule has 0 radical (unpaired) electrons. The summed E-state index contributed by atoms with van der Waals surface area (Å²) in [7, 11) is 0. The molecule has 0 spiro atoms. The molecule has 0 unspecified atom stereocenters. The largest absolute Gasteiger partial charge is 0.349 e. The van der Waals surface area contributed by atoms with Gasteiger partial charge in [0.2, 0.25) is 0 Å². The molecule has 1 aliphatic rings. The van der Waals surface area contributed by atoms with Crippen LogP contribution in [-0.2, 0) is 0 Å². The summed E-state index contributed by atoms with van der Waals surface area (Å²) >= 11 is 0. The summed E-state index contributed by atoms with van der Waals surface area (Å²) in [5.41, 5.74) is 0.827.